The minimum atomic E-state index is -0.279. The lowest BCUT2D eigenvalue weighted by Crippen LogP contribution is -2.34. The first kappa shape index (κ1) is 23.3. The van der Waals surface area contributed by atoms with Crippen LogP contribution < -0.4 is 20.1 Å². The highest BCUT2D eigenvalue weighted by atomic mass is 32.1. The number of benzene rings is 3. The predicted molar refractivity (Wildman–Crippen MR) is 133 cm³/mol. The summed E-state index contributed by atoms with van der Waals surface area (Å²) in [7, 11) is 0. The van der Waals surface area contributed by atoms with Crippen molar-refractivity contribution in [1.82, 2.24) is 5.32 Å². The van der Waals surface area contributed by atoms with Gasteiger partial charge in [-0.15, -0.1) is 0 Å². The quantitative estimate of drug-likeness (QED) is 0.417. The fraction of sp³-hybridized carbons (Fsp3) is 0.231. The maximum atomic E-state index is 12.4. The van der Waals surface area contributed by atoms with E-state index >= 15 is 0 Å². The van der Waals surface area contributed by atoms with Gasteiger partial charge < -0.3 is 14.8 Å². The number of nitrogens with one attached hydrogen (secondary N) is 2. The number of carbonyl (C=O) groups excluding carboxylic acids is 1. The van der Waals surface area contributed by atoms with Crippen molar-refractivity contribution >= 4 is 28.9 Å². The molecule has 6 heteroatoms. The Hall–Kier alpha value is -3.38. The summed E-state index contributed by atoms with van der Waals surface area (Å²) in [6, 6.07) is 24.7. The first-order valence-electron chi connectivity index (χ1n) is 10.7. The molecule has 0 aliphatic rings. The molecule has 0 saturated carbocycles. The van der Waals surface area contributed by atoms with E-state index < -0.39 is 0 Å². The summed E-state index contributed by atoms with van der Waals surface area (Å²) in [5.74, 6) is 1.24. The molecule has 0 heterocycles. The smallest absolute Gasteiger partial charge is 0.257 e. The fourth-order valence-electron chi connectivity index (χ4n) is 2.90. The van der Waals surface area contributed by atoms with Crippen molar-refractivity contribution in [1.29, 1.82) is 0 Å². The average molecular weight is 449 g/mol. The molecule has 0 aliphatic carbocycles. The molecule has 0 spiro atoms. The Morgan fingerprint density at radius 1 is 0.938 bits per heavy atom. The summed E-state index contributed by atoms with van der Waals surface area (Å²) < 4.78 is 11.5. The summed E-state index contributed by atoms with van der Waals surface area (Å²) in [6.07, 6.45) is 1.90. The lowest BCUT2D eigenvalue weighted by atomic mass is 10.2. The van der Waals surface area contributed by atoms with Gasteiger partial charge in [-0.1, -0.05) is 37.3 Å². The number of thiocarbonyl (C=S) groups is 1. The van der Waals surface area contributed by atoms with Gasteiger partial charge in [0, 0.05) is 17.7 Å². The third-order valence-corrected chi connectivity index (χ3v) is 5.07. The second-order valence-corrected chi connectivity index (χ2v) is 7.79. The van der Waals surface area contributed by atoms with Crippen LogP contribution in [0.15, 0.2) is 78.9 Å². The van der Waals surface area contributed by atoms with E-state index in [9.17, 15) is 4.79 Å². The van der Waals surface area contributed by atoms with Gasteiger partial charge in [-0.25, -0.2) is 0 Å². The maximum Gasteiger partial charge on any atom is 0.257 e. The molecule has 3 aromatic carbocycles. The van der Waals surface area contributed by atoms with E-state index in [4.69, 9.17) is 21.7 Å². The molecule has 0 aliphatic heterocycles. The molecular weight excluding hydrogens is 420 g/mol. The molecule has 2 N–H and O–H groups in total. The number of hydrogen-bond donors (Lipinski definition) is 2. The van der Waals surface area contributed by atoms with E-state index in [0.717, 1.165) is 30.0 Å². The number of amides is 1. The van der Waals surface area contributed by atoms with Gasteiger partial charge in [-0.2, -0.15) is 0 Å². The number of rotatable bonds is 9. The largest absolute Gasteiger partial charge is 0.493 e. The molecule has 1 atom stereocenters. The predicted octanol–water partition coefficient (Wildman–Crippen LogP) is 5.61. The third kappa shape index (κ3) is 7.39. The zero-order valence-corrected chi connectivity index (χ0v) is 19.2. The van der Waals surface area contributed by atoms with E-state index in [-0.39, 0.29) is 17.1 Å². The Kier molecular flexibility index (Phi) is 8.63. The van der Waals surface area contributed by atoms with Gasteiger partial charge in [0.15, 0.2) is 5.11 Å². The molecule has 1 amide bonds. The monoisotopic (exact) mass is 448 g/mol. The van der Waals surface area contributed by atoms with Crippen LogP contribution >= 0.6 is 12.2 Å². The lowest BCUT2D eigenvalue weighted by molar-refractivity contribution is 0.0977. The Labute approximate surface area is 194 Å². The van der Waals surface area contributed by atoms with Crippen molar-refractivity contribution in [2.24, 2.45) is 0 Å². The molecule has 0 radical (unpaired) electrons. The Bertz CT molecular complexity index is 1010. The molecular formula is C26H28N2O3S. The molecule has 0 aromatic heterocycles. The van der Waals surface area contributed by atoms with Crippen molar-refractivity contribution in [3.8, 4) is 11.5 Å². The molecule has 0 fully saturated rings. The van der Waals surface area contributed by atoms with E-state index in [1.165, 1.54) is 5.56 Å². The van der Waals surface area contributed by atoms with E-state index in [1.54, 1.807) is 24.3 Å². The fourth-order valence-corrected chi connectivity index (χ4v) is 3.11. The number of anilines is 1. The van der Waals surface area contributed by atoms with Crippen molar-refractivity contribution in [3.63, 3.8) is 0 Å². The molecule has 1 unspecified atom stereocenters. The van der Waals surface area contributed by atoms with Crippen molar-refractivity contribution in [2.45, 2.75) is 32.8 Å². The highest BCUT2D eigenvalue weighted by Crippen LogP contribution is 2.17. The van der Waals surface area contributed by atoms with Crippen molar-refractivity contribution in [3.05, 3.63) is 90.0 Å². The second kappa shape index (κ2) is 11.9. The molecule has 5 nitrogen and oxygen atoms in total. The normalized spacial score (nSPS) is 11.3. The van der Waals surface area contributed by atoms with E-state index in [0.29, 0.717) is 12.2 Å². The van der Waals surface area contributed by atoms with Gasteiger partial charge in [-0.05, 0) is 79.7 Å². The Morgan fingerprint density at radius 3 is 2.25 bits per heavy atom. The number of carbonyl (C=O) groups is 1. The van der Waals surface area contributed by atoms with Gasteiger partial charge in [-0.3, -0.25) is 10.1 Å². The standard InChI is InChI=1S/C26H28N2O3S/c1-3-19(2)31-24-13-9-21(10-14-24)25(29)28-26(32)27-22-11-15-23(16-12-22)30-18-17-20-7-5-4-6-8-20/h4-16,19H,3,17-18H2,1-2H3,(H2,27,28,29,32). The minimum Gasteiger partial charge on any atom is -0.493 e. The zero-order chi connectivity index (χ0) is 22.8. The van der Waals surface area contributed by atoms with Crippen LogP contribution in [0.3, 0.4) is 0 Å². The van der Waals surface area contributed by atoms with Crippen LogP contribution in [0.5, 0.6) is 11.5 Å². The topological polar surface area (TPSA) is 59.6 Å². The Morgan fingerprint density at radius 2 is 1.59 bits per heavy atom. The summed E-state index contributed by atoms with van der Waals surface area (Å²) in [4.78, 5) is 12.4. The van der Waals surface area contributed by atoms with Crippen LogP contribution in [0.1, 0.15) is 36.2 Å². The van der Waals surface area contributed by atoms with Crippen LogP contribution in [0.25, 0.3) is 0 Å². The molecule has 32 heavy (non-hydrogen) atoms. The maximum absolute atomic E-state index is 12.4. The van der Waals surface area contributed by atoms with Gasteiger partial charge >= 0.3 is 0 Å². The van der Waals surface area contributed by atoms with Crippen LogP contribution in [0.4, 0.5) is 5.69 Å². The minimum absolute atomic E-state index is 0.132. The highest BCUT2D eigenvalue weighted by molar-refractivity contribution is 7.80. The number of hydrogen-bond acceptors (Lipinski definition) is 4. The van der Waals surface area contributed by atoms with E-state index in [1.807, 2.05) is 49.4 Å². The highest BCUT2D eigenvalue weighted by Gasteiger charge is 2.09. The first-order chi connectivity index (χ1) is 15.5. The molecule has 166 valence electrons. The SMILES string of the molecule is CCC(C)Oc1ccc(C(=O)NC(=S)Nc2ccc(OCCc3ccccc3)cc2)cc1. The average Bonchev–Trinajstić information content (AvgIpc) is 2.81. The van der Waals surface area contributed by atoms with Gasteiger partial charge in [0.2, 0.25) is 0 Å². The summed E-state index contributed by atoms with van der Waals surface area (Å²) in [6.45, 7) is 4.67. The molecule has 0 saturated heterocycles. The van der Waals surface area contributed by atoms with Crippen molar-refractivity contribution in [2.75, 3.05) is 11.9 Å². The molecule has 3 rings (SSSR count). The van der Waals surface area contributed by atoms with Gasteiger partial charge in [0.05, 0.1) is 12.7 Å². The van der Waals surface area contributed by atoms with Crippen LogP contribution in [0.2, 0.25) is 0 Å². The summed E-state index contributed by atoms with van der Waals surface area (Å²) >= 11 is 5.27. The summed E-state index contributed by atoms with van der Waals surface area (Å²) in [5, 5.41) is 5.94. The van der Waals surface area contributed by atoms with Gasteiger partial charge in [0.25, 0.3) is 5.91 Å². The molecule has 0 bridgehead atoms. The van der Waals surface area contributed by atoms with Crippen molar-refractivity contribution < 1.29 is 14.3 Å². The third-order valence-electron chi connectivity index (χ3n) is 4.87. The van der Waals surface area contributed by atoms with Crippen LogP contribution in [0, 0.1) is 0 Å². The van der Waals surface area contributed by atoms with Crippen LogP contribution in [-0.2, 0) is 6.42 Å². The van der Waals surface area contributed by atoms with E-state index in [2.05, 4.69) is 29.7 Å². The number of ether oxygens (including phenoxy) is 2. The Balaban J connectivity index is 1.44. The summed E-state index contributed by atoms with van der Waals surface area (Å²) in [5.41, 5.74) is 2.51. The molecule has 3 aromatic rings. The second-order valence-electron chi connectivity index (χ2n) is 7.38. The first-order valence-corrected chi connectivity index (χ1v) is 11.1. The van der Waals surface area contributed by atoms with Gasteiger partial charge in [0.1, 0.15) is 11.5 Å². The zero-order valence-electron chi connectivity index (χ0n) is 18.3. The lowest BCUT2D eigenvalue weighted by Gasteiger charge is -2.13. The van der Waals surface area contributed by atoms with Crippen LogP contribution in [-0.4, -0.2) is 23.7 Å².